The number of Topliss-reactive ketones (excluding diaryl/α,β-unsaturated/α-hetero) is 1. The lowest BCUT2D eigenvalue weighted by Gasteiger charge is -2.19. The molecule has 0 amide bonds. The number of pyridine rings is 1. The molecule has 0 saturated heterocycles. The van der Waals surface area contributed by atoms with Crippen LogP contribution in [-0.4, -0.2) is 10.8 Å². The highest BCUT2D eigenvalue weighted by Crippen LogP contribution is 2.42. The van der Waals surface area contributed by atoms with Gasteiger partial charge < -0.3 is 5.73 Å². The molecule has 3 aromatic rings. The second kappa shape index (κ2) is 5.18. The Labute approximate surface area is 136 Å². The van der Waals surface area contributed by atoms with E-state index in [0.29, 0.717) is 10.6 Å². The molecule has 3 heterocycles. The zero-order valence-electron chi connectivity index (χ0n) is 12.3. The van der Waals surface area contributed by atoms with Crippen LogP contribution in [0.25, 0.3) is 20.8 Å². The van der Waals surface area contributed by atoms with Gasteiger partial charge in [-0.2, -0.15) is 0 Å². The summed E-state index contributed by atoms with van der Waals surface area (Å²) in [5, 5.41) is 3.12. The van der Waals surface area contributed by atoms with Crippen LogP contribution < -0.4 is 5.73 Å². The summed E-state index contributed by atoms with van der Waals surface area (Å²) in [7, 11) is 0. The zero-order valence-corrected chi connectivity index (χ0v) is 13.9. The maximum Gasteiger partial charge on any atom is 0.171 e. The average molecular weight is 328 g/mol. The molecule has 1 aliphatic carbocycles. The third kappa shape index (κ3) is 2.00. The van der Waals surface area contributed by atoms with Gasteiger partial charge in [-0.05, 0) is 48.3 Å². The van der Waals surface area contributed by atoms with Crippen LogP contribution in [0, 0.1) is 0 Å². The minimum atomic E-state index is 0.0303. The van der Waals surface area contributed by atoms with Gasteiger partial charge >= 0.3 is 0 Å². The number of ketones is 1. The van der Waals surface area contributed by atoms with E-state index in [2.05, 4.69) is 17.5 Å². The normalized spacial score (nSPS) is 14.2. The maximum atomic E-state index is 11.8. The molecule has 1 aliphatic rings. The molecule has 0 aromatic carbocycles. The summed E-state index contributed by atoms with van der Waals surface area (Å²) in [6, 6.07) is 4.18. The third-order valence-electron chi connectivity index (χ3n) is 4.27. The van der Waals surface area contributed by atoms with Gasteiger partial charge in [0.25, 0.3) is 0 Å². The van der Waals surface area contributed by atoms with Crippen LogP contribution in [0.1, 0.15) is 40.6 Å². The number of nitrogen functional groups attached to an aromatic ring is 1. The van der Waals surface area contributed by atoms with E-state index >= 15 is 0 Å². The van der Waals surface area contributed by atoms with Gasteiger partial charge in [0.1, 0.15) is 4.83 Å². The number of aryl methyl sites for hydroxylation is 1. The lowest BCUT2D eigenvalue weighted by Crippen LogP contribution is -2.07. The lowest BCUT2D eigenvalue weighted by atomic mass is 9.88. The van der Waals surface area contributed by atoms with Crippen LogP contribution in [0.3, 0.4) is 0 Å². The van der Waals surface area contributed by atoms with Crippen LogP contribution in [-0.2, 0) is 12.8 Å². The molecule has 112 valence electrons. The first-order chi connectivity index (χ1) is 10.7. The van der Waals surface area contributed by atoms with E-state index in [4.69, 9.17) is 10.7 Å². The first kappa shape index (κ1) is 13.9. The van der Waals surface area contributed by atoms with Crippen molar-refractivity contribution in [1.82, 2.24) is 4.98 Å². The monoisotopic (exact) mass is 328 g/mol. The molecule has 5 heteroatoms. The fourth-order valence-corrected chi connectivity index (χ4v) is 5.05. The average Bonchev–Trinajstić information content (AvgIpc) is 3.14. The summed E-state index contributed by atoms with van der Waals surface area (Å²) in [5.41, 5.74) is 10.7. The Hall–Kier alpha value is -1.72. The topological polar surface area (TPSA) is 56.0 Å². The van der Waals surface area contributed by atoms with Crippen molar-refractivity contribution in [3.05, 3.63) is 33.5 Å². The van der Waals surface area contributed by atoms with E-state index in [-0.39, 0.29) is 5.78 Å². The van der Waals surface area contributed by atoms with Crippen molar-refractivity contribution in [2.24, 2.45) is 0 Å². The number of anilines is 1. The minimum Gasteiger partial charge on any atom is -0.397 e. The summed E-state index contributed by atoms with van der Waals surface area (Å²) in [5.74, 6) is 0.0303. The smallest absolute Gasteiger partial charge is 0.171 e. The highest BCUT2D eigenvalue weighted by atomic mass is 32.1. The highest BCUT2D eigenvalue weighted by molar-refractivity contribution is 7.21. The van der Waals surface area contributed by atoms with Gasteiger partial charge in [-0.25, -0.2) is 4.98 Å². The molecule has 22 heavy (non-hydrogen) atoms. The fourth-order valence-electron chi connectivity index (χ4n) is 3.29. The van der Waals surface area contributed by atoms with Gasteiger partial charge in [-0.15, -0.1) is 22.7 Å². The van der Waals surface area contributed by atoms with Gasteiger partial charge in [-0.1, -0.05) is 6.07 Å². The molecule has 4 rings (SSSR count). The maximum absolute atomic E-state index is 11.8. The molecule has 3 nitrogen and oxygen atoms in total. The number of hydrogen-bond donors (Lipinski definition) is 1. The SMILES string of the molecule is CC(=O)c1sc2nc(-c3cccs3)c3c(c2c1N)CCCC3. The second-order valence-electron chi connectivity index (χ2n) is 5.68. The second-order valence-corrected chi connectivity index (χ2v) is 7.63. The van der Waals surface area contributed by atoms with Crippen molar-refractivity contribution in [3.8, 4) is 10.6 Å². The number of thiophene rings is 2. The summed E-state index contributed by atoms with van der Waals surface area (Å²) in [6.07, 6.45) is 4.46. The van der Waals surface area contributed by atoms with Crippen molar-refractivity contribution in [1.29, 1.82) is 0 Å². The summed E-state index contributed by atoms with van der Waals surface area (Å²) < 4.78 is 0. The van der Waals surface area contributed by atoms with Crippen molar-refractivity contribution in [2.45, 2.75) is 32.6 Å². The van der Waals surface area contributed by atoms with Gasteiger partial charge in [-0.3, -0.25) is 4.79 Å². The predicted octanol–water partition coefficient (Wildman–Crippen LogP) is 4.69. The molecule has 2 N–H and O–H groups in total. The molecule has 0 unspecified atom stereocenters. The van der Waals surface area contributed by atoms with Crippen LogP contribution >= 0.6 is 22.7 Å². The zero-order chi connectivity index (χ0) is 15.3. The van der Waals surface area contributed by atoms with Crippen molar-refractivity contribution < 1.29 is 4.79 Å². The summed E-state index contributed by atoms with van der Waals surface area (Å²) in [6.45, 7) is 1.58. The Morgan fingerprint density at radius 3 is 2.73 bits per heavy atom. The fraction of sp³-hybridized carbons (Fsp3) is 0.294. The van der Waals surface area contributed by atoms with Crippen LogP contribution in [0.5, 0.6) is 0 Å². The van der Waals surface area contributed by atoms with E-state index in [1.807, 2.05) is 0 Å². The molecule has 0 fully saturated rings. The molecular weight excluding hydrogens is 312 g/mol. The van der Waals surface area contributed by atoms with Gasteiger partial charge in [0.15, 0.2) is 5.78 Å². The van der Waals surface area contributed by atoms with E-state index in [1.165, 1.54) is 40.2 Å². The Bertz CT molecular complexity index is 878. The number of carbonyl (C=O) groups excluding carboxylic acids is 1. The van der Waals surface area contributed by atoms with Crippen LogP contribution in [0.2, 0.25) is 0 Å². The minimum absolute atomic E-state index is 0.0303. The van der Waals surface area contributed by atoms with Gasteiger partial charge in [0.2, 0.25) is 0 Å². The Balaban J connectivity index is 2.09. The molecular formula is C17H16N2OS2. The lowest BCUT2D eigenvalue weighted by molar-refractivity contribution is 0.102. The first-order valence-corrected chi connectivity index (χ1v) is 9.15. The van der Waals surface area contributed by atoms with Gasteiger partial charge in [0, 0.05) is 12.3 Å². The van der Waals surface area contributed by atoms with E-state index in [0.717, 1.165) is 28.8 Å². The number of rotatable bonds is 2. The standard InChI is InChI=1S/C17H16N2OS2/c1-9(20)16-14(18)13-10-5-2-3-6-11(10)15(19-17(13)22-16)12-7-4-8-21-12/h4,7-8H,2-3,5-6,18H2,1H3. The number of aromatic nitrogens is 1. The molecule has 0 atom stereocenters. The first-order valence-electron chi connectivity index (χ1n) is 7.45. The molecule has 0 spiro atoms. The third-order valence-corrected chi connectivity index (χ3v) is 6.35. The largest absolute Gasteiger partial charge is 0.397 e. The van der Waals surface area contributed by atoms with E-state index in [9.17, 15) is 4.79 Å². The van der Waals surface area contributed by atoms with E-state index in [1.54, 1.807) is 18.3 Å². The van der Waals surface area contributed by atoms with Crippen molar-refractivity contribution in [2.75, 3.05) is 5.73 Å². The highest BCUT2D eigenvalue weighted by Gasteiger charge is 2.24. The molecule has 3 aromatic heterocycles. The number of fused-ring (bicyclic) bond motifs is 3. The van der Waals surface area contributed by atoms with E-state index < -0.39 is 0 Å². The van der Waals surface area contributed by atoms with Crippen molar-refractivity contribution >= 4 is 44.4 Å². The number of nitrogens with zero attached hydrogens (tertiary/aromatic N) is 1. The predicted molar refractivity (Wildman–Crippen MR) is 94.0 cm³/mol. The number of carbonyl (C=O) groups is 1. The Morgan fingerprint density at radius 1 is 1.27 bits per heavy atom. The quantitative estimate of drug-likeness (QED) is 0.694. The Kier molecular flexibility index (Phi) is 3.27. The number of hydrogen-bond acceptors (Lipinski definition) is 5. The Morgan fingerprint density at radius 2 is 2.05 bits per heavy atom. The molecule has 0 aliphatic heterocycles. The molecule has 0 bridgehead atoms. The molecule has 0 radical (unpaired) electrons. The van der Waals surface area contributed by atoms with Crippen molar-refractivity contribution in [3.63, 3.8) is 0 Å². The number of nitrogens with two attached hydrogens (primary N) is 1. The van der Waals surface area contributed by atoms with Crippen LogP contribution in [0.4, 0.5) is 5.69 Å². The van der Waals surface area contributed by atoms with Crippen LogP contribution in [0.15, 0.2) is 17.5 Å². The summed E-state index contributed by atoms with van der Waals surface area (Å²) >= 11 is 3.15. The van der Waals surface area contributed by atoms with Gasteiger partial charge in [0.05, 0.1) is 21.1 Å². The molecule has 0 saturated carbocycles. The summed E-state index contributed by atoms with van der Waals surface area (Å²) in [4.78, 5) is 19.5.